The summed E-state index contributed by atoms with van der Waals surface area (Å²) in [6, 6.07) is 43.7. The highest BCUT2D eigenvalue weighted by Crippen LogP contribution is 2.46. The van der Waals surface area contributed by atoms with Gasteiger partial charge in [-0.15, -0.1) is 0 Å². The van der Waals surface area contributed by atoms with Crippen molar-refractivity contribution in [3.8, 4) is 0 Å². The van der Waals surface area contributed by atoms with Crippen LogP contribution in [0, 0.1) is 0 Å². The van der Waals surface area contributed by atoms with E-state index < -0.39 is 15.6 Å². The van der Waals surface area contributed by atoms with Crippen molar-refractivity contribution in [2.24, 2.45) is 0 Å². The first-order valence-corrected chi connectivity index (χ1v) is 14.5. The molecule has 1 heterocycles. The van der Waals surface area contributed by atoms with E-state index in [2.05, 4.69) is 128 Å². The molecule has 4 aromatic carbocycles. The smallest absolute Gasteiger partial charge is 0.485 e. The number of quaternary nitrogens is 1. The molecule has 41 heavy (non-hydrogen) atoms. The van der Waals surface area contributed by atoms with Crippen molar-refractivity contribution < 1.29 is 35.4 Å². The molecule has 0 unspecified atom stereocenters. The summed E-state index contributed by atoms with van der Waals surface area (Å²) in [6.45, 7) is 5.88. The monoisotopic (exact) mass is 583 g/mol. The number of halogens is 3. The lowest BCUT2D eigenvalue weighted by molar-refractivity contribution is -1.01. The average molecular weight is 584 g/mol. The molecule has 0 bridgehead atoms. The molecule has 0 amide bonds. The SMILES string of the molecule is CC1(OCc2ccccc2)C[N+](Cc2ccccc2)(C(c2ccccc2)c2ccccc2)C1.O=S(=O)([O-])C(F)(F)F. The Morgan fingerprint density at radius 3 is 1.51 bits per heavy atom. The number of ether oxygens (including phenoxy) is 1. The fraction of sp³-hybridized carbons (Fsp3) is 0.250. The summed E-state index contributed by atoms with van der Waals surface area (Å²) in [7, 11) is -6.09. The van der Waals surface area contributed by atoms with E-state index >= 15 is 0 Å². The molecule has 0 aliphatic carbocycles. The standard InChI is InChI=1S/C31H32NO.CHF3O3S/c1-31(33-23-27-16-8-3-9-17-27)24-32(25-31,22-26-14-6-2-7-15-26)30(28-18-10-4-11-19-28)29-20-12-5-13-21-29;2-1(3,4)8(5,6)7/h2-21,30H,22-25H2,1H3;(H,5,6,7)/q+1;/p-1. The van der Waals surface area contributed by atoms with Crippen LogP contribution in [0.5, 0.6) is 0 Å². The highest BCUT2D eigenvalue weighted by Gasteiger charge is 2.58. The van der Waals surface area contributed by atoms with Gasteiger partial charge in [-0.2, -0.15) is 13.2 Å². The van der Waals surface area contributed by atoms with E-state index in [1.807, 2.05) is 0 Å². The van der Waals surface area contributed by atoms with Crippen LogP contribution in [0.15, 0.2) is 121 Å². The molecule has 5 nitrogen and oxygen atoms in total. The summed E-state index contributed by atoms with van der Waals surface area (Å²) >= 11 is 0. The molecule has 1 aliphatic heterocycles. The molecule has 216 valence electrons. The van der Waals surface area contributed by atoms with Gasteiger partial charge < -0.3 is 13.8 Å². The molecule has 9 heteroatoms. The number of hydrogen-bond donors (Lipinski definition) is 0. The Morgan fingerprint density at radius 1 is 0.756 bits per heavy atom. The Kier molecular flexibility index (Phi) is 9.34. The lowest BCUT2D eigenvalue weighted by Gasteiger charge is -2.59. The highest BCUT2D eigenvalue weighted by atomic mass is 32.2. The van der Waals surface area contributed by atoms with Crippen LogP contribution in [0.4, 0.5) is 13.2 Å². The summed E-state index contributed by atoms with van der Waals surface area (Å²) in [5.41, 5.74) is -0.456. The van der Waals surface area contributed by atoms with E-state index in [4.69, 9.17) is 17.7 Å². The van der Waals surface area contributed by atoms with Gasteiger partial charge in [-0.05, 0) is 12.5 Å². The van der Waals surface area contributed by atoms with Gasteiger partial charge in [0.1, 0.15) is 25.7 Å². The van der Waals surface area contributed by atoms with Crippen molar-refractivity contribution in [3.05, 3.63) is 144 Å². The van der Waals surface area contributed by atoms with Crippen LogP contribution in [-0.4, -0.2) is 41.7 Å². The molecular formula is C32H32F3NO4S. The first-order valence-electron chi connectivity index (χ1n) is 13.1. The molecule has 0 radical (unpaired) electrons. The lowest BCUT2D eigenvalue weighted by atomic mass is 9.83. The Balaban J connectivity index is 0.000000426. The fourth-order valence-electron chi connectivity index (χ4n) is 5.64. The predicted molar refractivity (Wildman–Crippen MR) is 150 cm³/mol. The summed E-state index contributed by atoms with van der Waals surface area (Å²) in [6.07, 6.45) is 0. The maximum absolute atomic E-state index is 10.7. The zero-order chi connectivity index (χ0) is 29.6. The van der Waals surface area contributed by atoms with E-state index in [-0.39, 0.29) is 11.6 Å². The molecule has 1 saturated heterocycles. The Hall–Kier alpha value is -3.50. The molecule has 1 fully saturated rings. The zero-order valence-corrected chi connectivity index (χ0v) is 23.4. The van der Waals surface area contributed by atoms with Crippen LogP contribution in [0.1, 0.15) is 35.2 Å². The molecule has 0 N–H and O–H groups in total. The fourth-order valence-corrected chi connectivity index (χ4v) is 5.64. The van der Waals surface area contributed by atoms with Crippen LogP contribution >= 0.6 is 0 Å². The first-order chi connectivity index (χ1) is 19.4. The van der Waals surface area contributed by atoms with E-state index in [9.17, 15) is 13.2 Å². The minimum absolute atomic E-state index is 0.146. The molecule has 0 aromatic heterocycles. The minimum Gasteiger partial charge on any atom is -0.741 e. The van der Waals surface area contributed by atoms with Gasteiger partial charge in [0.25, 0.3) is 0 Å². The van der Waals surface area contributed by atoms with Gasteiger partial charge in [0.15, 0.2) is 15.7 Å². The summed E-state index contributed by atoms with van der Waals surface area (Å²) < 4.78 is 66.4. The minimum atomic E-state index is -6.09. The number of rotatable bonds is 8. The molecular weight excluding hydrogens is 551 g/mol. The Bertz CT molecular complexity index is 1440. The molecule has 0 atom stereocenters. The third kappa shape index (κ3) is 7.83. The molecule has 0 saturated carbocycles. The molecule has 0 spiro atoms. The largest absolute Gasteiger partial charge is 0.741 e. The summed E-state index contributed by atoms with van der Waals surface area (Å²) in [5.74, 6) is 0. The van der Waals surface area contributed by atoms with Gasteiger partial charge in [-0.1, -0.05) is 121 Å². The van der Waals surface area contributed by atoms with Gasteiger partial charge in [0, 0.05) is 16.7 Å². The molecule has 1 aliphatic rings. The second-order valence-electron chi connectivity index (χ2n) is 10.5. The van der Waals surface area contributed by atoms with Crippen LogP contribution in [0.2, 0.25) is 0 Å². The molecule has 5 rings (SSSR count). The van der Waals surface area contributed by atoms with E-state index in [0.717, 1.165) is 24.1 Å². The number of benzene rings is 4. The Morgan fingerprint density at radius 2 is 1.12 bits per heavy atom. The number of hydrogen-bond acceptors (Lipinski definition) is 4. The lowest BCUT2D eigenvalue weighted by Crippen LogP contribution is -2.73. The van der Waals surface area contributed by atoms with Gasteiger partial charge in [0.2, 0.25) is 0 Å². The normalized spacial score (nSPS) is 20.5. The van der Waals surface area contributed by atoms with E-state index in [1.54, 1.807) is 0 Å². The average Bonchev–Trinajstić information content (AvgIpc) is 2.93. The topological polar surface area (TPSA) is 66.4 Å². The van der Waals surface area contributed by atoms with Crippen LogP contribution < -0.4 is 0 Å². The maximum atomic E-state index is 10.7. The van der Waals surface area contributed by atoms with Crippen molar-refractivity contribution in [2.75, 3.05) is 13.1 Å². The molecule has 4 aromatic rings. The highest BCUT2D eigenvalue weighted by molar-refractivity contribution is 7.86. The van der Waals surface area contributed by atoms with Crippen molar-refractivity contribution in [2.45, 2.75) is 37.2 Å². The van der Waals surface area contributed by atoms with Crippen molar-refractivity contribution >= 4 is 10.1 Å². The van der Waals surface area contributed by atoms with Crippen LogP contribution in [-0.2, 0) is 28.0 Å². The maximum Gasteiger partial charge on any atom is 0.485 e. The number of likely N-dealkylation sites (tertiary alicyclic amines) is 1. The van der Waals surface area contributed by atoms with Crippen LogP contribution in [0.25, 0.3) is 0 Å². The third-order valence-corrected chi connectivity index (χ3v) is 7.70. The van der Waals surface area contributed by atoms with Crippen molar-refractivity contribution in [1.29, 1.82) is 0 Å². The van der Waals surface area contributed by atoms with Gasteiger partial charge >= 0.3 is 5.51 Å². The first kappa shape index (κ1) is 30.5. The summed E-state index contributed by atoms with van der Waals surface area (Å²) in [4.78, 5) is 0. The van der Waals surface area contributed by atoms with E-state index in [1.165, 1.54) is 22.3 Å². The van der Waals surface area contributed by atoms with Crippen molar-refractivity contribution in [3.63, 3.8) is 0 Å². The second kappa shape index (κ2) is 12.6. The van der Waals surface area contributed by atoms with Gasteiger partial charge in [-0.25, -0.2) is 8.42 Å². The predicted octanol–water partition coefficient (Wildman–Crippen LogP) is 6.83. The quantitative estimate of drug-likeness (QED) is 0.130. The number of alkyl halides is 3. The van der Waals surface area contributed by atoms with E-state index in [0.29, 0.717) is 6.61 Å². The second-order valence-corrected chi connectivity index (χ2v) is 11.9. The van der Waals surface area contributed by atoms with Gasteiger partial charge in [-0.3, -0.25) is 0 Å². The third-order valence-electron chi connectivity index (χ3n) is 7.13. The van der Waals surface area contributed by atoms with Crippen molar-refractivity contribution in [1.82, 2.24) is 0 Å². The summed E-state index contributed by atoms with van der Waals surface area (Å²) in [5, 5.41) is 0. The number of nitrogens with zero attached hydrogens (tertiary/aromatic N) is 1. The zero-order valence-electron chi connectivity index (χ0n) is 22.6. The van der Waals surface area contributed by atoms with Gasteiger partial charge in [0.05, 0.1) is 6.61 Å². The Labute approximate surface area is 239 Å². The van der Waals surface area contributed by atoms with Crippen LogP contribution in [0.3, 0.4) is 0 Å².